The summed E-state index contributed by atoms with van der Waals surface area (Å²) in [6.07, 6.45) is 0. The van der Waals surface area contributed by atoms with E-state index in [0.717, 1.165) is 0 Å². The number of carbonyl (C=O) groups is 1. The van der Waals surface area contributed by atoms with Crippen LogP contribution in [0.5, 0.6) is 0 Å². The van der Waals surface area contributed by atoms with E-state index in [1.807, 2.05) is 6.07 Å². The number of ketones is 1. The maximum atomic E-state index is 12.8. The number of rotatable bonds is 3. The highest BCUT2D eigenvalue weighted by atomic mass is 16.6. The van der Waals surface area contributed by atoms with Gasteiger partial charge in [-0.2, -0.15) is 14.9 Å². The van der Waals surface area contributed by atoms with Crippen molar-refractivity contribution in [2.75, 3.05) is 5.73 Å². The molecule has 1 aliphatic rings. The minimum Gasteiger partial charge on any atom is -0.380 e. The van der Waals surface area contributed by atoms with Crippen LogP contribution < -0.4 is 5.73 Å². The third-order valence-corrected chi connectivity index (χ3v) is 4.85. The second-order valence-electron chi connectivity index (χ2n) is 6.61. The van der Waals surface area contributed by atoms with Crippen LogP contribution in [0.2, 0.25) is 0 Å². The molecule has 2 aromatic heterocycles. The standard InChI is InChI=1S/C20H10N8O3/c21-9-14-15-16(12-3-1-2-4-13(12)18(15)29)23-20-17(19(22)26-27(14)20)25-24-10-5-7-11(8-6-10)28(30)31/h1-8H,(H2,22,26). The lowest BCUT2D eigenvalue weighted by atomic mass is 10.1. The zero-order chi connectivity index (χ0) is 21.7. The zero-order valence-corrected chi connectivity index (χ0v) is 15.6. The van der Waals surface area contributed by atoms with Crippen LogP contribution in [-0.4, -0.2) is 25.3 Å². The van der Waals surface area contributed by atoms with E-state index in [4.69, 9.17) is 5.73 Å². The monoisotopic (exact) mass is 410 g/mol. The Labute approximate surface area is 173 Å². The lowest BCUT2D eigenvalue weighted by Gasteiger charge is -2.03. The van der Waals surface area contributed by atoms with Gasteiger partial charge in [0.25, 0.3) is 5.69 Å². The maximum Gasteiger partial charge on any atom is 0.269 e. The molecular formula is C20H10N8O3. The summed E-state index contributed by atoms with van der Waals surface area (Å²) in [4.78, 5) is 27.6. The first-order chi connectivity index (χ1) is 15.0. The predicted molar refractivity (Wildman–Crippen MR) is 108 cm³/mol. The highest BCUT2D eigenvalue weighted by Crippen LogP contribution is 2.39. The van der Waals surface area contributed by atoms with E-state index >= 15 is 0 Å². The zero-order valence-electron chi connectivity index (χ0n) is 15.6. The molecule has 148 valence electrons. The number of hydrogen-bond donors (Lipinski definition) is 1. The number of non-ortho nitro benzene ring substituents is 1. The van der Waals surface area contributed by atoms with Gasteiger partial charge in [-0.25, -0.2) is 4.98 Å². The maximum absolute atomic E-state index is 12.8. The number of aromatic nitrogens is 3. The molecule has 0 atom stereocenters. The smallest absolute Gasteiger partial charge is 0.269 e. The second-order valence-corrected chi connectivity index (χ2v) is 6.61. The van der Waals surface area contributed by atoms with Crippen molar-refractivity contribution in [3.05, 3.63) is 75.5 Å². The summed E-state index contributed by atoms with van der Waals surface area (Å²) >= 11 is 0. The molecule has 5 rings (SSSR count). The average Bonchev–Trinajstić information content (AvgIpc) is 3.25. The first-order valence-electron chi connectivity index (χ1n) is 8.92. The normalized spacial score (nSPS) is 12.2. The number of azo groups is 1. The van der Waals surface area contributed by atoms with E-state index in [-0.39, 0.29) is 39.9 Å². The lowest BCUT2D eigenvalue weighted by molar-refractivity contribution is -0.384. The van der Waals surface area contributed by atoms with Gasteiger partial charge in [0.05, 0.1) is 21.9 Å². The van der Waals surface area contributed by atoms with Crippen LogP contribution >= 0.6 is 0 Å². The molecular weight excluding hydrogens is 400 g/mol. The molecule has 1 aliphatic carbocycles. The Morgan fingerprint density at radius 3 is 2.48 bits per heavy atom. The summed E-state index contributed by atoms with van der Waals surface area (Å²) < 4.78 is 1.18. The second kappa shape index (κ2) is 6.53. The van der Waals surface area contributed by atoms with Crippen LogP contribution in [0.4, 0.5) is 22.9 Å². The fraction of sp³-hybridized carbons (Fsp3) is 0. The van der Waals surface area contributed by atoms with Gasteiger partial charge in [0, 0.05) is 23.3 Å². The van der Waals surface area contributed by atoms with Gasteiger partial charge in [0.2, 0.25) is 0 Å². The molecule has 31 heavy (non-hydrogen) atoms. The number of benzene rings is 2. The molecule has 0 spiro atoms. The molecule has 11 nitrogen and oxygen atoms in total. The molecule has 2 aromatic carbocycles. The molecule has 0 aliphatic heterocycles. The van der Waals surface area contributed by atoms with Gasteiger partial charge in [0.1, 0.15) is 6.07 Å². The summed E-state index contributed by atoms with van der Waals surface area (Å²) in [6, 6.07) is 14.4. The van der Waals surface area contributed by atoms with E-state index in [9.17, 15) is 20.2 Å². The topological polar surface area (TPSA) is 165 Å². The third-order valence-electron chi connectivity index (χ3n) is 4.85. The molecule has 2 heterocycles. The van der Waals surface area contributed by atoms with Crippen LogP contribution in [-0.2, 0) is 0 Å². The molecule has 0 bridgehead atoms. The fourth-order valence-corrected chi connectivity index (χ4v) is 3.43. The number of carbonyl (C=O) groups excluding carboxylic acids is 1. The van der Waals surface area contributed by atoms with Gasteiger partial charge >= 0.3 is 0 Å². The number of nitro groups is 1. The Bertz CT molecular complexity index is 1500. The number of nitrogens with zero attached hydrogens (tertiary/aromatic N) is 7. The third kappa shape index (κ3) is 2.63. The van der Waals surface area contributed by atoms with Crippen molar-refractivity contribution in [3.8, 4) is 17.3 Å². The van der Waals surface area contributed by atoms with Crippen LogP contribution in [0, 0.1) is 21.4 Å². The number of hydrogen-bond acceptors (Lipinski definition) is 9. The quantitative estimate of drug-likeness (QED) is 0.269. The SMILES string of the molecule is N#Cc1c2c(nc3c(N=Nc4ccc([N+](=O)[O-])cc4)c(N)nn13)-c1ccccc1C2=O. The number of fused-ring (bicyclic) bond motifs is 4. The number of nitrogens with two attached hydrogens (primary N) is 1. The van der Waals surface area contributed by atoms with Crippen molar-refractivity contribution >= 4 is 34.3 Å². The first-order valence-corrected chi connectivity index (χ1v) is 8.92. The highest BCUT2D eigenvalue weighted by molar-refractivity contribution is 6.22. The Kier molecular flexibility index (Phi) is 3.81. The van der Waals surface area contributed by atoms with Crippen molar-refractivity contribution in [1.29, 1.82) is 5.26 Å². The molecule has 0 saturated carbocycles. The van der Waals surface area contributed by atoms with E-state index in [0.29, 0.717) is 22.5 Å². The summed E-state index contributed by atoms with van der Waals surface area (Å²) in [5.74, 6) is -0.334. The van der Waals surface area contributed by atoms with Crippen molar-refractivity contribution in [2.45, 2.75) is 0 Å². The van der Waals surface area contributed by atoms with Gasteiger partial charge in [-0.15, -0.1) is 10.2 Å². The summed E-state index contributed by atoms with van der Waals surface area (Å²) in [7, 11) is 0. The number of nitrogen functional groups attached to an aromatic ring is 1. The molecule has 4 aromatic rings. The number of nitriles is 1. The van der Waals surface area contributed by atoms with Gasteiger partial charge in [0.15, 0.2) is 28.6 Å². The van der Waals surface area contributed by atoms with Crippen molar-refractivity contribution in [3.63, 3.8) is 0 Å². The highest BCUT2D eigenvalue weighted by Gasteiger charge is 2.33. The minimum atomic E-state index is -0.517. The van der Waals surface area contributed by atoms with Crippen LogP contribution in [0.15, 0.2) is 58.8 Å². The van der Waals surface area contributed by atoms with E-state index < -0.39 is 4.92 Å². The van der Waals surface area contributed by atoms with Crippen LogP contribution in [0.25, 0.3) is 16.9 Å². The Hall–Kier alpha value is -4.98. The summed E-state index contributed by atoms with van der Waals surface area (Å²) in [6.45, 7) is 0. The van der Waals surface area contributed by atoms with Crippen LogP contribution in [0.3, 0.4) is 0 Å². The predicted octanol–water partition coefficient (Wildman–Crippen LogP) is 3.72. The molecule has 0 radical (unpaired) electrons. The van der Waals surface area contributed by atoms with Gasteiger partial charge in [-0.05, 0) is 12.1 Å². The number of nitro benzene ring substituents is 1. The van der Waals surface area contributed by atoms with E-state index in [1.165, 1.54) is 28.8 Å². The van der Waals surface area contributed by atoms with Crippen molar-refractivity contribution in [2.24, 2.45) is 10.2 Å². The molecule has 0 saturated heterocycles. The van der Waals surface area contributed by atoms with E-state index in [2.05, 4.69) is 20.3 Å². The summed E-state index contributed by atoms with van der Waals surface area (Å²) in [5, 5.41) is 32.8. The molecule has 0 unspecified atom stereocenters. The average molecular weight is 410 g/mol. The Balaban J connectivity index is 1.68. The van der Waals surface area contributed by atoms with E-state index in [1.54, 1.807) is 24.3 Å². The van der Waals surface area contributed by atoms with Gasteiger partial charge < -0.3 is 5.73 Å². The van der Waals surface area contributed by atoms with Crippen LogP contribution in [0.1, 0.15) is 21.6 Å². The molecule has 0 fully saturated rings. The van der Waals surface area contributed by atoms with Gasteiger partial charge in [-0.3, -0.25) is 14.9 Å². The molecule has 11 heteroatoms. The first kappa shape index (κ1) is 18.1. The largest absolute Gasteiger partial charge is 0.380 e. The molecule has 0 amide bonds. The fourth-order valence-electron chi connectivity index (χ4n) is 3.43. The minimum absolute atomic E-state index is 0.00434. The lowest BCUT2D eigenvalue weighted by Crippen LogP contribution is -2.07. The van der Waals surface area contributed by atoms with Gasteiger partial charge in [-0.1, -0.05) is 24.3 Å². The Morgan fingerprint density at radius 1 is 1.10 bits per heavy atom. The van der Waals surface area contributed by atoms with Crippen molar-refractivity contribution < 1.29 is 9.72 Å². The number of anilines is 1. The van der Waals surface area contributed by atoms with Crippen molar-refractivity contribution in [1.82, 2.24) is 14.6 Å². The summed E-state index contributed by atoms with van der Waals surface area (Å²) in [5.41, 5.74) is 8.14. The molecule has 2 N–H and O–H groups in total. The Morgan fingerprint density at radius 2 is 1.81 bits per heavy atom.